The van der Waals surface area contributed by atoms with E-state index in [1.54, 1.807) is 0 Å². The minimum absolute atomic E-state index is 0.119. The minimum Gasteiger partial charge on any atom is -0.335 e. The molecular weight excluding hydrogens is 276 g/mol. The zero-order valence-corrected chi connectivity index (χ0v) is 13.5. The Bertz CT molecular complexity index is 683. The van der Waals surface area contributed by atoms with E-state index in [0.717, 1.165) is 35.4 Å². The van der Waals surface area contributed by atoms with Crippen LogP contribution in [0.15, 0.2) is 18.2 Å². The minimum atomic E-state index is -0.119. The van der Waals surface area contributed by atoms with Crippen molar-refractivity contribution in [1.29, 1.82) is 0 Å². The molecule has 0 bridgehead atoms. The van der Waals surface area contributed by atoms with Crippen molar-refractivity contribution in [3.05, 3.63) is 24.0 Å². The van der Waals surface area contributed by atoms with Crippen LogP contribution in [-0.2, 0) is 0 Å². The zero-order chi connectivity index (χ0) is 15.7. The van der Waals surface area contributed by atoms with Crippen LogP contribution < -0.4 is 10.6 Å². The molecular formula is C17H24N4O. The van der Waals surface area contributed by atoms with E-state index in [9.17, 15) is 4.79 Å². The second-order valence-corrected chi connectivity index (χ2v) is 6.41. The summed E-state index contributed by atoms with van der Waals surface area (Å²) in [4.78, 5) is 16.6. The van der Waals surface area contributed by atoms with E-state index >= 15 is 0 Å². The highest BCUT2D eigenvalue weighted by Crippen LogP contribution is 2.24. The van der Waals surface area contributed by atoms with Gasteiger partial charge in [0.1, 0.15) is 5.82 Å². The smallest absolute Gasteiger partial charge is 0.319 e. The molecule has 1 aliphatic rings. The van der Waals surface area contributed by atoms with E-state index in [4.69, 9.17) is 0 Å². The van der Waals surface area contributed by atoms with Crippen LogP contribution in [0.5, 0.6) is 0 Å². The van der Waals surface area contributed by atoms with Crippen molar-refractivity contribution >= 4 is 22.8 Å². The van der Waals surface area contributed by atoms with E-state index in [1.807, 2.05) is 25.1 Å². The van der Waals surface area contributed by atoms with E-state index in [2.05, 4.69) is 34.0 Å². The summed E-state index contributed by atoms with van der Waals surface area (Å²) in [7, 11) is 0. The number of carbonyl (C=O) groups excluding carboxylic acids is 1. The zero-order valence-electron chi connectivity index (χ0n) is 13.5. The lowest BCUT2D eigenvalue weighted by molar-refractivity contribution is 0.248. The fourth-order valence-electron chi connectivity index (χ4n) is 3.37. The number of carbonyl (C=O) groups is 1. The maximum absolute atomic E-state index is 12.0. The number of anilines is 1. The van der Waals surface area contributed by atoms with Crippen LogP contribution in [0.4, 0.5) is 10.5 Å². The normalized spacial score (nSPS) is 15.6. The summed E-state index contributed by atoms with van der Waals surface area (Å²) in [5, 5.41) is 5.95. The Morgan fingerprint density at radius 3 is 2.73 bits per heavy atom. The molecule has 2 N–H and O–H groups in total. The highest BCUT2D eigenvalue weighted by molar-refractivity contribution is 5.92. The van der Waals surface area contributed by atoms with Crippen molar-refractivity contribution in [1.82, 2.24) is 14.9 Å². The van der Waals surface area contributed by atoms with Crippen molar-refractivity contribution in [3.63, 3.8) is 0 Å². The standard InChI is InChI=1S/C17H24N4O/c1-11(2)21-12(3)18-15-10-14(8-9-16(15)21)20-17(22)19-13-6-4-5-7-13/h8-11,13H,4-7H2,1-3H3,(H2,19,20,22). The van der Waals surface area contributed by atoms with Gasteiger partial charge in [-0.2, -0.15) is 0 Å². The van der Waals surface area contributed by atoms with Gasteiger partial charge < -0.3 is 15.2 Å². The molecule has 5 heteroatoms. The molecule has 118 valence electrons. The Kier molecular flexibility index (Phi) is 4.05. The van der Waals surface area contributed by atoms with Crippen LogP contribution in [0, 0.1) is 6.92 Å². The number of nitrogens with zero attached hydrogens (tertiary/aromatic N) is 2. The van der Waals surface area contributed by atoms with Crippen LogP contribution in [-0.4, -0.2) is 21.6 Å². The molecule has 0 aliphatic heterocycles. The largest absolute Gasteiger partial charge is 0.335 e. The first-order valence-corrected chi connectivity index (χ1v) is 8.10. The molecule has 1 fully saturated rings. The summed E-state index contributed by atoms with van der Waals surface area (Å²) < 4.78 is 2.21. The van der Waals surface area contributed by atoms with E-state index in [0.29, 0.717) is 12.1 Å². The molecule has 0 unspecified atom stereocenters. The van der Waals surface area contributed by atoms with Crippen molar-refractivity contribution in [2.45, 2.75) is 58.5 Å². The molecule has 2 aromatic rings. The average Bonchev–Trinajstić information content (AvgIpc) is 3.04. The van der Waals surface area contributed by atoms with Gasteiger partial charge in [0.15, 0.2) is 0 Å². The molecule has 5 nitrogen and oxygen atoms in total. The molecule has 1 aliphatic carbocycles. The van der Waals surface area contributed by atoms with Crippen molar-refractivity contribution in [3.8, 4) is 0 Å². The lowest BCUT2D eigenvalue weighted by atomic mass is 10.2. The highest BCUT2D eigenvalue weighted by Gasteiger charge is 2.17. The fraction of sp³-hybridized carbons (Fsp3) is 0.529. The van der Waals surface area contributed by atoms with Gasteiger partial charge in [-0.05, 0) is 51.8 Å². The monoisotopic (exact) mass is 300 g/mol. The van der Waals surface area contributed by atoms with Gasteiger partial charge in [-0.3, -0.25) is 0 Å². The number of hydrogen-bond acceptors (Lipinski definition) is 2. The molecule has 1 heterocycles. The quantitative estimate of drug-likeness (QED) is 0.900. The number of rotatable bonds is 3. The Morgan fingerprint density at radius 1 is 1.32 bits per heavy atom. The number of nitrogens with one attached hydrogen (secondary N) is 2. The first-order valence-electron chi connectivity index (χ1n) is 8.10. The summed E-state index contributed by atoms with van der Waals surface area (Å²) in [6, 6.07) is 6.49. The molecule has 0 saturated heterocycles. The third kappa shape index (κ3) is 2.93. The Balaban J connectivity index is 1.76. The van der Waals surface area contributed by atoms with Gasteiger partial charge >= 0.3 is 6.03 Å². The summed E-state index contributed by atoms with van der Waals surface area (Å²) in [5.41, 5.74) is 2.82. The Morgan fingerprint density at radius 2 is 2.05 bits per heavy atom. The van der Waals surface area contributed by atoms with Crippen molar-refractivity contribution < 1.29 is 4.79 Å². The number of aromatic nitrogens is 2. The predicted octanol–water partition coefficient (Wildman–Crippen LogP) is 3.99. The Labute approximate surface area is 131 Å². The molecule has 0 radical (unpaired) electrons. The maximum Gasteiger partial charge on any atom is 0.319 e. The number of fused-ring (bicyclic) bond motifs is 1. The fourth-order valence-corrected chi connectivity index (χ4v) is 3.37. The number of amides is 2. The first kappa shape index (κ1) is 14.9. The third-order valence-corrected chi connectivity index (χ3v) is 4.33. The highest BCUT2D eigenvalue weighted by atomic mass is 16.2. The van der Waals surface area contributed by atoms with Gasteiger partial charge in [0.05, 0.1) is 11.0 Å². The van der Waals surface area contributed by atoms with Gasteiger partial charge in [-0.1, -0.05) is 12.8 Å². The Hall–Kier alpha value is -2.04. The van der Waals surface area contributed by atoms with Crippen LogP contribution in [0.25, 0.3) is 11.0 Å². The SMILES string of the molecule is Cc1nc2cc(NC(=O)NC3CCCC3)ccc2n1C(C)C. The van der Waals surface area contributed by atoms with Crippen LogP contribution in [0.1, 0.15) is 51.4 Å². The molecule has 1 aromatic heterocycles. The van der Waals surface area contributed by atoms with Gasteiger partial charge in [0.25, 0.3) is 0 Å². The second-order valence-electron chi connectivity index (χ2n) is 6.41. The number of benzene rings is 1. The van der Waals surface area contributed by atoms with Gasteiger partial charge in [0.2, 0.25) is 0 Å². The number of urea groups is 1. The van der Waals surface area contributed by atoms with Crippen molar-refractivity contribution in [2.75, 3.05) is 5.32 Å². The third-order valence-electron chi connectivity index (χ3n) is 4.33. The molecule has 22 heavy (non-hydrogen) atoms. The number of imidazole rings is 1. The molecule has 3 rings (SSSR count). The van der Waals surface area contributed by atoms with E-state index in [1.165, 1.54) is 12.8 Å². The van der Waals surface area contributed by atoms with Crippen LogP contribution in [0.3, 0.4) is 0 Å². The summed E-state index contributed by atoms with van der Waals surface area (Å²) in [6.07, 6.45) is 4.60. The van der Waals surface area contributed by atoms with Gasteiger partial charge in [-0.25, -0.2) is 9.78 Å². The average molecular weight is 300 g/mol. The van der Waals surface area contributed by atoms with Crippen LogP contribution in [0.2, 0.25) is 0 Å². The maximum atomic E-state index is 12.0. The van der Waals surface area contributed by atoms with Gasteiger partial charge in [-0.15, -0.1) is 0 Å². The molecule has 2 amide bonds. The molecule has 1 aromatic carbocycles. The van der Waals surface area contributed by atoms with E-state index < -0.39 is 0 Å². The van der Waals surface area contributed by atoms with Crippen LogP contribution >= 0.6 is 0 Å². The van der Waals surface area contributed by atoms with Gasteiger partial charge in [0, 0.05) is 17.8 Å². The molecule has 0 atom stereocenters. The summed E-state index contributed by atoms with van der Waals surface area (Å²) in [6.45, 7) is 6.31. The molecule has 1 saturated carbocycles. The number of hydrogen-bond donors (Lipinski definition) is 2. The van der Waals surface area contributed by atoms with E-state index in [-0.39, 0.29) is 6.03 Å². The number of aryl methyl sites for hydroxylation is 1. The second kappa shape index (κ2) is 5.99. The topological polar surface area (TPSA) is 59.0 Å². The lowest BCUT2D eigenvalue weighted by Crippen LogP contribution is -2.36. The first-order chi connectivity index (χ1) is 10.5. The summed E-state index contributed by atoms with van der Waals surface area (Å²) >= 11 is 0. The summed E-state index contributed by atoms with van der Waals surface area (Å²) in [5.74, 6) is 0.998. The predicted molar refractivity (Wildman–Crippen MR) is 89.3 cm³/mol. The lowest BCUT2D eigenvalue weighted by Gasteiger charge is -2.13. The van der Waals surface area contributed by atoms with Crippen molar-refractivity contribution in [2.24, 2.45) is 0 Å². The molecule has 0 spiro atoms.